The molecular formula is C28H35ClN8O3. The molecule has 0 saturated heterocycles. The van der Waals surface area contributed by atoms with Gasteiger partial charge >= 0.3 is 0 Å². The summed E-state index contributed by atoms with van der Waals surface area (Å²) in [6.45, 7) is 1.81. The lowest BCUT2D eigenvalue weighted by molar-refractivity contribution is -0.117. The Morgan fingerprint density at radius 3 is 2.95 bits per heavy atom. The molecule has 0 saturated carbocycles. The number of nitrogens with one attached hydrogen (secondary N) is 3. The summed E-state index contributed by atoms with van der Waals surface area (Å²) in [5.41, 5.74) is 3.91. The first-order valence-electron chi connectivity index (χ1n) is 13.1. The van der Waals surface area contributed by atoms with Gasteiger partial charge in [0.1, 0.15) is 24.5 Å². The van der Waals surface area contributed by atoms with Gasteiger partial charge in [-0.05, 0) is 49.2 Å². The fraction of sp³-hybridized carbons (Fsp3) is 0.321. The molecule has 0 fully saturated rings. The van der Waals surface area contributed by atoms with Crippen molar-refractivity contribution in [1.29, 1.82) is 0 Å². The first-order chi connectivity index (χ1) is 19.5. The van der Waals surface area contributed by atoms with Gasteiger partial charge in [-0.3, -0.25) is 9.80 Å². The van der Waals surface area contributed by atoms with E-state index in [1.165, 1.54) is 17.4 Å². The van der Waals surface area contributed by atoms with E-state index in [2.05, 4.69) is 20.7 Å². The van der Waals surface area contributed by atoms with E-state index in [1.54, 1.807) is 31.4 Å². The van der Waals surface area contributed by atoms with E-state index in [0.29, 0.717) is 35.3 Å². The van der Waals surface area contributed by atoms with Crippen LogP contribution in [-0.4, -0.2) is 49.1 Å². The highest BCUT2D eigenvalue weighted by Gasteiger charge is 2.19. The zero-order valence-corrected chi connectivity index (χ0v) is 23.2. The van der Waals surface area contributed by atoms with Crippen molar-refractivity contribution in [2.75, 3.05) is 37.2 Å². The third-order valence-corrected chi connectivity index (χ3v) is 6.66. The molecule has 212 valence electrons. The number of nitrogens with zero attached hydrogens (tertiary/aromatic N) is 3. The number of imidazole rings is 1. The van der Waals surface area contributed by atoms with Gasteiger partial charge in [-0.15, -0.1) is 0 Å². The number of nitrogens with two attached hydrogens (primary N) is 2. The molecule has 11 nitrogen and oxygen atoms in total. The molecule has 1 aliphatic rings. The van der Waals surface area contributed by atoms with Crippen molar-refractivity contribution in [2.24, 2.45) is 16.8 Å². The number of methoxy groups -OCH3 is 1. The number of benzene rings is 2. The second-order valence-electron chi connectivity index (χ2n) is 9.27. The van der Waals surface area contributed by atoms with E-state index >= 15 is 0 Å². The molecule has 2 aromatic carbocycles. The molecule has 12 heteroatoms. The summed E-state index contributed by atoms with van der Waals surface area (Å²) >= 11 is 6.17. The number of rotatable bonds is 9. The second kappa shape index (κ2) is 14.4. The molecule has 0 aliphatic carbocycles. The lowest BCUT2D eigenvalue weighted by Gasteiger charge is -2.18. The molecule has 1 amide bonds. The topological polar surface area (TPSA) is 156 Å². The summed E-state index contributed by atoms with van der Waals surface area (Å²) in [4.78, 5) is 21.1. The first-order valence-corrected chi connectivity index (χ1v) is 13.5. The van der Waals surface area contributed by atoms with Crippen LogP contribution in [0.4, 0.5) is 11.4 Å². The number of hydrogen-bond donors (Lipinski definition) is 5. The average molecular weight is 567 g/mol. The number of aromatic nitrogens is 2. The number of carbonyl (C=O) groups is 1. The van der Waals surface area contributed by atoms with Gasteiger partial charge in [0.2, 0.25) is 5.91 Å². The van der Waals surface area contributed by atoms with E-state index < -0.39 is 0 Å². The summed E-state index contributed by atoms with van der Waals surface area (Å²) in [5.74, 6) is 12.4. The van der Waals surface area contributed by atoms with Crippen LogP contribution >= 0.6 is 11.6 Å². The zero-order chi connectivity index (χ0) is 28.3. The van der Waals surface area contributed by atoms with Crippen LogP contribution in [0.5, 0.6) is 5.75 Å². The lowest BCUT2D eigenvalue weighted by Crippen LogP contribution is -2.30. The largest absolute Gasteiger partial charge is 0.491 e. The quantitative estimate of drug-likeness (QED) is 0.0644. The Hall–Kier alpha value is -4.06. The maximum Gasteiger partial charge on any atom is 0.244 e. The summed E-state index contributed by atoms with van der Waals surface area (Å²) in [6, 6.07) is 10.7. The van der Waals surface area contributed by atoms with Crippen molar-refractivity contribution < 1.29 is 14.3 Å². The number of halogens is 1. The molecule has 1 aromatic heterocycles. The Morgan fingerprint density at radius 2 is 2.12 bits per heavy atom. The predicted octanol–water partition coefficient (Wildman–Crippen LogP) is 4.19. The van der Waals surface area contributed by atoms with Crippen molar-refractivity contribution in [3.8, 4) is 17.0 Å². The molecule has 0 spiro atoms. The molecule has 7 N–H and O–H groups in total. The van der Waals surface area contributed by atoms with Gasteiger partial charge < -0.3 is 30.9 Å². The number of amides is 1. The summed E-state index contributed by atoms with van der Waals surface area (Å²) < 4.78 is 10.9. The number of aromatic amines is 1. The monoisotopic (exact) mass is 566 g/mol. The van der Waals surface area contributed by atoms with Crippen LogP contribution in [-0.2, 0) is 9.53 Å². The number of fused-ring (bicyclic) bond motifs is 4. The Kier molecular flexibility index (Phi) is 10.4. The Bertz CT molecular complexity index is 1340. The Labute approximate surface area is 238 Å². The van der Waals surface area contributed by atoms with Crippen molar-refractivity contribution in [2.45, 2.75) is 31.7 Å². The normalized spacial score (nSPS) is 15.6. The lowest BCUT2D eigenvalue weighted by atomic mass is 10.1. The van der Waals surface area contributed by atoms with Crippen molar-refractivity contribution >= 4 is 41.3 Å². The standard InChI is InChI=1S/C28H35ClN8O3/c1-39-13-14-40-21-8-9-22-24(16-21)32-12-4-2-3-5-23(28-33-17-25(22)36-28)35-27(38)11-6-19-15-20(29)7-10-26(19)37(31)18-34-30/h6-11,15-18,23,32H,2-5,12-14,30-31H2,1H3,(H,33,36)(H,35,38)/b11-6+,34-18-/t23-/m0/s1. The van der Waals surface area contributed by atoms with Gasteiger partial charge in [-0.1, -0.05) is 24.4 Å². The molecule has 0 radical (unpaired) electrons. The van der Waals surface area contributed by atoms with Gasteiger partial charge in [0.05, 0.1) is 24.0 Å². The summed E-state index contributed by atoms with van der Waals surface area (Å²) in [6.07, 6.45) is 9.90. The third kappa shape index (κ3) is 7.75. The van der Waals surface area contributed by atoms with Gasteiger partial charge in [-0.2, -0.15) is 5.10 Å². The zero-order valence-electron chi connectivity index (χ0n) is 22.4. The maximum absolute atomic E-state index is 13.0. The van der Waals surface area contributed by atoms with Gasteiger partial charge in [0.25, 0.3) is 0 Å². The molecule has 40 heavy (non-hydrogen) atoms. The number of H-pyrrole nitrogens is 1. The molecule has 3 aromatic rings. The molecule has 0 unspecified atom stereocenters. The van der Waals surface area contributed by atoms with Gasteiger partial charge in [0, 0.05) is 53.8 Å². The summed E-state index contributed by atoms with van der Waals surface area (Å²) in [7, 11) is 1.65. The van der Waals surface area contributed by atoms with Crippen LogP contribution in [0.2, 0.25) is 5.02 Å². The summed E-state index contributed by atoms with van der Waals surface area (Å²) in [5, 5.41) is 11.8. The Balaban J connectivity index is 1.53. The number of hydrogen-bond acceptors (Lipinski definition) is 8. The molecule has 4 rings (SSSR count). The van der Waals surface area contributed by atoms with E-state index in [9.17, 15) is 4.79 Å². The molecule has 2 heterocycles. The van der Waals surface area contributed by atoms with Crippen LogP contribution < -0.4 is 32.1 Å². The first kappa shape index (κ1) is 28.9. The van der Waals surface area contributed by atoms with Gasteiger partial charge in [0.15, 0.2) is 0 Å². The number of hydrazine groups is 1. The predicted molar refractivity (Wildman–Crippen MR) is 159 cm³/mol. The highest BCUT2D eigenvalue weighted by Crippen LogP contribution is 2.32. The van der Waals surface area contributed by atoms with Crippen molar-refractivity contribution in [1.82, 2.24) is 15.3 Å². The highest BCUT2D eigenvalue weighted by atomic mass is 35.5. The third-order valence-electron chi connectivity index (χ3n) is 6.43. The van der Waals surface area contributed by atoms with Crippen molar-refractivity contribution in [3.05, 3.63) is 65.1 Å². The van der Waals surface area contributed by atoms with Crippen LogP contribution in [0.1, 0.15) is 43.1 Å². The smallest absolute Gasteiger partial charge is 0.244 e. The van der Waals surface area contributed by atoms with Crippen LogP contribution in [0, 0.1) is 0 Å². The molecule has 1 atom stereocenters. The number of hydrazone groups is 1. The van der Waals surface area contributed by atoms with Crippen LogP contribution in [0.3, 0.4) is 0 Å². The molecule has 1 aliphatic heterocycles. The van der Waals surface area contributed by atoms with Crippen LogP contribution in [0.25, 0.3) is 17.3 Å². The molecular weight excluding hydrogens is 532 g/mol. The maximum atomic E-state index is 13.0. The van der Waals surface area contributed by atoms with E-state index in [-0.39, 0.29) is 11.9 Å². The van der Waals surface area contributed by atoms with Crippen LogP contribution in [0.15, 0.2) is 53.8 Å². The second-order valence-corrected chi connectivity index (χ2v) is 9.70. The van der Waals surface area contributed by atoms with E-state index in [0.717, 1.165) is 54.9 Å². The van der Waals surface area contributed by atoms with Crippen molar-refractivity contribution in [3.63, 3.8) is 0 Å². The fourth-order valence-corrected chi connectivity index (χ4v) is 4.62. The number of anilines is 2. The minimum atomic E-state index is -0.285. The Morgan fingerprint density at radius 1 is 1.25 bits per heavy atom. The van der Waals surface area contributed by atoms with E-state index in [4.69, 9.17) is 37.7 Å². The SMILES string of the molecule is COCCOc1ccc2c(c1)NCCCCC[C@H](NC(=O)/C=C/c1cc(Cl)ccc1N(N)/C=N\N)c1nc-2c[nH]1. The molecule has 2 bridgehead atoms. The number of ether oxygens (including phenoxy) is 2. The van der Waals surface area contributed by atoms with E-state index in [1.807, 2.05) is 24.4 Å². The van der Waals surface area contributed by atoms with Gasteiger partial charge in [-0.25, -0.2) is 10.8 Å². The highest BCUT2D eigenvalue weighted by molar-refractivity contribution is 6.30. The fourth-order valence-electron chi connectivity index (χ4n) is 4.44. The minimum Gasteiger partial charge on any atom is -0.491 e. The minimum absolute atomic E-state index is 0.267. The number of carbonyl (C=O) groups excluding carboxylic acids is 1. The average Bonchev–Trinajstić information content (AvgIpc) is 3.43.